The second-order valence-electron chi connectivity index (χ2n) is 6.78. The second-order valence-corrected chi connectivity index (χ2v) is 8.27. The van der Waals surface area contributed by atoms with Gasteiger partial charge in [-0.05, 0) is 35.4 Å². The van der Waals surface area contributed by atoms with Crippen LogP contribution in [0.1, 0.15) is 32.5 Å². The molecule has 1 aliphatic rings. The third-order valence-corrected chi connectivity index (χ3v) is 6.59. The Hall–Kier alpha value is -3.03. The van der Waals surface area contributed by atoms with E-state index in [9.17, 15) is 14.7 Å². The van der Waals surface area contributed by atoms with Crippen LogP contribution in [0.3, 0.4) is 0 Å². The maximum absolute atomic E-state index is 12.6. The summed E-state index contributed by atoms with van der Waals surface area (Å²) in [5, 5.41) is 13.3. The summed E-state index contributed by atoms with van der Waals surface area (Å²) in [7, 11) is 3.10. The minimum Gasteiger partial charge on any atom is -0.493 e. The number of halogens is 1. The van der Waals surface area contributed by atoms with Crippen molar-refractivity contribution in [2.24, 2.45) is 0 Å². The molecule has 2 heterocycles. The van der Waals surface area contributed by atoms with Gasteiger partial charge in [-0.3, -0.25) is 4.79 Å². The quantitative estimate of drug-likeness (QED) is 0.562. The molecule has 1 aromatic heterocycles. The van der Waals surface area contributed by atoms with Gasteiger partial charge in [-0.1, -0.05) is 29.8 Å². The summed E-state index contributed by atoms with van der Waals surface area (Å²) in [5.74, 6) is -0.374. The molecule has 0 radical (unpaired) electrons. The number of hydrogen-bond donors (Lipinski definition) is 2. The number of anilines is 1. The van der Waals surface area contributed by atoms with Gasteiger partial charge in [0.2, 0.25) is 5.91 Å². The lowest BCUT2D eigenvalue weighted by atomic mass is 9.88. The molecule has 3 aromatic rings. The Balaban J connectivity index is 1.90. The van der Waals surface area contributed by atoms with Crippen molar-refractivity contribution < 1.29 is 24.2 Å². The Morgan fingerprint density at radius 3 is 2.47 bits per heavy atom. The highest BCUT2D eigenvalue weighted by molar-refractivity contribution is 7.15. The van der Waals surface area contributed by atoms with E-state index in [-0.39, 0.29) is 23.1 Å². The van der Waals surface area contributed by atoms with E-state index in [1.54, 1.807) is 44.6 Å². The number of amides is 1. The van der Waals surface area contributed by atoms with Crippen molar-refractivity contribution in [1.82, 2.24) is 0 Å². The summed E-state index contributed by atoms with van der Waals surface area (Å²) < 4.78 is 10.7. The van der Waals surface area contributed by atoms with E-state index in [1.807, 2.05) is 12.1 Å². The summed E-state index contributed by atoms with van der Waals surface area (Å²) in [5.41, 5.74) is 2.57. The topological polar surface area (TPSA) is 84.9 Å². The molecule has 0 saturated carbocycles. The van der Waals surface area contributed by atoms with E-state index in [0.717, 1.165) is 10.4 Å². The van der Waals surface area contributed by atoms with Crippen molar-refractivity contribution >= 4 is 40.5 Å². The number of nitrogens with one attached hydrogen (secondary N) is 1. The first-order chi connectivity index (χ1) is 14.4. The van der Waals surface area contributed by atoms with E-state index in [2.05, 4.69) is 5.32 Å². The number of benzene rings is 2. The van der Waals surface area contributed by atoms with Gasteiger partial charge in [0.15, 0.2) is 11.5 Å². The first kappa shape index (κ1) is 20.3. The van der Waals surface area contributed by atoms with Gasteiger partial charge in [0.25, 0.3) is 0 Å². The van der Waals surface area contributed by atoms with Crippen LogP contribution in [0.5, 0.6) is 11.5 Å². The maximum Gasteiger partial charge on any atom is 0.346 e. The summed E-state index contributed by atoms with van der Waals surface area (Å²) >= 11 is 7.17. The first-order valence-electron chi connectivity index (χ1n) is 9.10. The molecule has 154 valence electrons. The van der Waals surface area contributed by atoms with Crippen LogP contribution >= 0.6 is 22.9 Å². The van der Waals surface area contributed by atoms with Gasteiger partial charge in [0.1, 0.15) is 4.88 Å². The number of ether oxygens (including phenoxy) is 2. The smallest absolute Gasteiger partial charge is 0.346 e. The lowest BCUT2D eigenvalue weighted by Gasteiger charge is -2.24. The van der Waals surface area contributed by atoms with Crippen LogP contribution in [-0.4, -0.2) is 31.2 Å². The van der Waals surface area contributed by atoms with Crippen LogP contribution in [0, 0.1) is 0 Å². The summed E-state index contributed by atoms with van der Waals surface area (Å²) in [6.07, 6.45) is 0.210. The molecule has 1 amide bonds. The molecule has 0 bridgehead atoms. The van der Waals surface area contributed by atoms with Gasteiger partial charge < -0.3 is 19.9 Å². The van der Waals surface area contributed by atoms with Gasteiger partial charge >= 0.3 is 5.97 Å². The lowest BCUT2D eigenvalue weighted by Crippen LogP contribution is -2.22. The van der Waals surface area contributed by atoms with E-state index in [4.69, 9.17) is 21.1 Å². The highest BCUT2D eigenvalue weighted by Gasteiger charge is 2.34. The van der Waals surface area contributed by atoms with Crippen LogP contribution in [0.25, 0.3) is 11.1 Å². The van der Waals surface area contributed by atoms with Gasteiger partial charge in [0, 0.05) is 27.8 Å². The van der Waals surface area contributed by atoms with Crippen LogP contribution in [0.15, 0.2) is 42.5 Å². The van der Waals surface area contributed by atoms with Gasteiger partial charge in [-0.15, -0.1) is 11.3 Å². The zero-order valence-corrected chi connectivity index (χ0v) is 17.8. The second kappa shape index (κ2) is 8.01. The number of thiophene rings is 1. The molecule has 0 aliphatic carbocycles. The molecule has 0 saturated heterocycles. The Bertz CT molecular complexity index is 1140. The van der Waals surface area contributed by atoms with Gasteiger partial charge in [0.05, 0.1) is 19.9 Å². The molecule has 0 spiro atoms. The van der Waals surface area contributed by atoms with Crippen molar-refractivity contribution in [3.8, 4) is 22.6 Å². The molecule has 0 fully saturated rings. The molecule has 0 unspecified atom stereocenters. The molecule has 6 nitrogen and oxygen atoms in total. The van der Waals surface area contributed by atoms with Crippen LogP contribution in [0.2, 0.25) is 5.02 Å². The van der Waals surface area contributed by atoms with Crippen molar-refractivity contribution in [3.63, 3.8) is 0 Å². The van der Waals surface area contributed by atoms with E-state index >= 15 is 0 Å². The average molecular weight is 444 g/mol. The summed E-state index contributed by atoms with van der Waals surface area (Å²) in [4.78, 5) is 25.6. The van der Waals surface area contributed by atoms with E-state index in [1.165, 1.54) is 11.3 Å². The van der Waals surface area contributed by atoms with Crippen molar-refractivity contribution in [2.45, 2.75) is 12.3 Å². The predicted octanol–water partition coefficient (Wildman–Crippen LogP) is 5.26. The normalized spacial score (nSPS) is 15.3. The number of methoxy groups -OCH3 is 2. The van der Waals surface area contributed by atoms with Crippen molar-refractivity contribution in [2.75, 3.05) is 19.5 Å². The number of hydrogen-bond acceptors (Lipinski definition) is 5. The number of carboxylic acids is 1. The van der Waals surface area contributed by atoms with Crippen molar-refractivity contribution in [3.05, 3.63) is 62.8 Å². The zero-order valence-electron chi connectivity index (χ0n) is 16.2. The first-order valence-corrected chi connectivity index (χ1v) is 10.3. The Kier molecular flexibility index (Phi) is 5.40. The molecule has 1 atom stereocenters. The third kappa shape index (κ3) is 3.51. The minimum absolute atomic E-state index is 0.174. The zero-order chi connectivity index (χ0) is 21.4. The van der Waals surface area contributed by atoms with Crippen LogP contribution in [0.4, 0.5) is 5.69 Å². The number of carbonyl (C=O) groups excluding carboxylic acids is 1. The number of rotatable bonds is 5. The molecular weight excluding hydrogens is 426 g/mol. The van der Waals surface area contributed by atoms with Crippen LogP contribution in [-0.2, 0) is 4.79 Å². The number of fused-ring (bicyclic) bond motifs is 1. The van der Waals surface area contributed by atoms with Crippen LogP contribution < -0.4 is 14.8 Å². The molecule has 8 heteroatoms. The van der Waals surface area contributed by atoms with Gasteiger partial charge in [-0.2, -0.15) is 0 Å². The molecule has 2 aromatic carbocycles. The fourth-order valence-corrected chi connectivity index (χ4v) is 5.04. The SMILES string of the molecule is COc1ccc([C@@H]2CC(=O)Nc3c2sc(C(=O)O)c3-c2ccc(Cl)cc2)cc1OC. The molecule has 4 rings (SSSR count). The number of carbonyl (C=O) groups is 2. The molecule has 1 aliphatic heterocycles. The molecule has 30 heavy (non-hydrogen) atoms. The number of aromatic carboxylic acids is 1. The van der Waals surface area contributed by atoms with Crippen molar-refractivity contribution in [1.29, 1.82) is 0 Å². The van der Waals surface area contributed by atoms with E-state index < -0.39 is 5.97 Å². The molecular formula is C22H18ClNO5S. The maximum atomic E-state index is 12.6. The highest BCUT2D eigenvalue weighted by Crippen LogP contribution is 2.50. The fraction of sp³-hybridized carbons (Fsp3) is 0.182. The standard InChI is InChI=1S/C22H18ClNO5S/c1-28-15-8-5-12(9-16(15)29-2)14-10-17(25)24-19-18(11-3-6-13(23)7-4-11)21(22(26)27)30-20(14)19/h3-9,14H,10H2,1-2H3,(H,24,25)(H,26,27)/t14-/m0/s1. The largest absolute Gasteiger partial charge is 0.493 e. The summed E-state index contributed by atoms with van der Waals surface area (Å²) in [6, 6.07) is 12.4. The Morgan fingerprint density at radius 1 is 1.13 bits per heavy atom. The fourth-order valence-electron chi connectivity index (χ4n) is 3.67. The average Bonchev–Trinajstić information content (AvgIpc) is 3.12. The summed E-state index contributed by atoms with van der Waals surface area (Å²) in [6.45, 7) is 0. The molecule has 2 N–H and O–H groups in total. The number of carboxylic acid groups (broad SMARTS) is 1. The Morgan fingerprint density at radius 2 is 1.83 bits per heavy atom. The van der Waals surface area contributed by atoms with E-state index in [0.29, 0.717) is 33.3 Å². The third-order valence-electron chi connectivity index (χ3n) is 5.04. The minimum atomic E-state index is -1.04. The highest BCUT2D eigenvalue weighted by atomic mass is 35.5. The Labute approximate surface area is 182 Å². The lowest BCUT2D eigenvalue weighted by molar-refractivity contribution is -0.116. The predicted molar refractivity (Wildman–Crippen MR) is 116 cm³/mol. The monoisotopic (exact) mass is 443 g/mol. The van der Waals surface area contributed by atoms with Gasteiger partial charge in [-0.25, -0.2) is 4.79 Å².